The highest BCUT2D eigenvalue weighted by atomic mass is 32.2. The van der Waals surface area contributed by atoms with Gasteiger partial charge in [-0.05, 0) is 36.4 Å². The summed E-state index contributed by atoms with van der Waals surface area (Å²) in [4.78, 5) is 25.0. The van der Waals surface area contributed by atoms with Crippen LogP contribution in [0.1, 0.15) is 10.4 Å². The van der Waals surface area contributed by atoms with Gasteiger partial charge in [0, 0.05) is 24.4 Å². The number of aromatic nitrogens is 1. The highest BCUT2D eigenvalue weighted by Gasteiger charge is 2.16. The summed E-state index contributed by atoms with van der Waals surface area (Å²) in [5.41, 5.74) is 1.28. The number of sulfonamides is 1. The van der Waals surface area contributed by atoms with Gasteiger partial charge in [-0.1, -0.05) is 0 Å². The van der Waals surface area contributed by atoms with Crippen LogP contribution >= 0.6 is 0 Å². The number of carbonyl (C=O) groups is 1. The van der Waals surface area contributed by atoms with Gasteiger partial charge in [-0.15, -0.1) is 0 Å². The summed E-state index contributed by atoms with van der Waals surface area (Å²) in [5, 5.41) is 2.48. The fraction of sp³-hybridized carbons (Fsp3) is 0.0667. The first-order valence-corrected chi connectivity index (χ1v) is 8.35. The van der Waals surface area contributed by atoms with Crippen LogP contribution in [-0.4, -0.2) is 26.4 Å². The molecule has 0 unspecified atom stereocenters. The van der Waals surface area contributed by atoms with E-state index in [1.165, 1.54) is 49.5 Å². The standard InChI is InChI=1S/C15H13N3O5S/c1-16-14(19)9-2-4-10(5-3-9)18-24(21,22)11-6-7-12-13(8-11)23-15(20)17-12/h2-8,18H,1H3,(H,16,19)(H,17,20). The summed E-state index contributed by atoms with van der Waals surface area (Å²) in [6, 6.07) is 10.0. The molecule has 1 aromatic heterocycles. The van der Waals surface area contributed by atoms with Gasteiger partial charge in [0.05, 0.1) is 10.4 Å². The van der Waals surface area contributed by atoms with Gasteiger partial charge in [0.15, 0.2) is 5.58 Å². The second kappa shape index (κ2) is 5.85. The molecule has 24 heavy (non-hydrogen) atoms. The van der Waals surface area contributed by atoms with E-state index >= 15 is 0 Å². The average Bonchev–Trinajstić information content (AvgIpc) is 2.93. The van der Waals surface area contributed by atoms with E-state index in [4.69, 9.17) is 4.42 Å². The molecule has 1 heterocycles. The van der Waals surface area contributed by atoms with E-state index in [1.54, 1.807) is 0 Å². The molecule has 1 amide bonds. The first-order valence-electron chi connectivity index (χ1n) is 6.87. The van der Waals surface area contributed by atoms with Crippen molar-refractivity contribution in [3.8, 4) is 0 Å². The number of carbonyl (C=O) groups excluding carboxylic acids is 1. The molecule has 2 aromatic carbocycles. The van der Waals surface area contributed by atoms with E-state index < -0.39 is 15.8 Å². The van der Waals surface area contributed by atoms with Crippen LogP contribution in [0, 0.1) is 0 Å². The van der Waals surface area contributed by atoms with Gasteiger partial charge in [-0.3, -0.25) is 14.5 Å². The van der Waals surface area contributed by atoms with Crippen molar-refractivity contribution in [1.29, 1.82) is 0 Å². The van der Waals surface area contributed by atoms with Crippen molar-refractivity contribution >= 4 is 32.7 Å². The maximum Gasteiger partial charge on any atom is 0.417 e. The smallest absolute Gasteiger partial charge is 0.408 e. The van der Waals surface area contributed by atoms with E-state index in [1.807, 2.05) is 0 Å². The Labute approximate surface area is 136 Å². The molecular weight excluding hydrogens is 334 g/mol. The first-order chi connectivity index (χ1) is 11.4. The Balaban J connectivity index is 1.89. The Morgan fingerprint density at radius 1 is 1.12 bits per heavy atom. The van der Waals surface area contributed by atoms with Gasteiger partial charge in [0.25, 0.3) is 15.9 Å². The molecule has 3 aromatic rings. The van der Waals surface area contributed by atoms with Crippen LogP contribution < -0.4 is 15.8 Å². The largest absolute Gasteiger partial charge is 0.417 e. The number of fused-ring (bicyclic) bond motifs is 1. The first kappa shape index (κ1) is 15.8. The van der Waals surface area contributed by atoms with Crippen molar-refractivity contribution in [1.82, 2.24) is 10.3 Å². The summed E-state index contributed by atoms with van der Waals surface area (Å²) < 4.78 is 32.1. The second-order valence-corrected chi connectivity index (χ2v) is 6.62. The molecule has 0 aliphatic rings. The lowest BCUT2D eigenvalue weighted by atomic mass is 10.2. The van der Waals surface area contributed by atoms with Crippen LogP contribution in [0.5, 0.6) is 0 Å². The van der Waals surface area contributed by atoms with Crippen molar-refractivity contribution in [2.75, 3.05) is 11.8 Å². The maximum absolute atomic E-state index is 12.4. The molecule has 0 saturated carbocycles. The summed E-state index contributed by atoms with van der Waals surface area (Å²) >= 11 is 0. The molecule has 0 aliphatic heterocycles. The number of hydrogen-bond donors (Lipinski definition) is 3. The van der Waals surface area contributed by atoms with Crippen molar-refractivity contribution in [2.24, 2.45) is 0 Å². The molecule has 0 bridgehead atoms. The summed E-state index contributed by atoms with van der Waals surface area (Å²) in [5.74, 6) is -0.922. The molecule has 0 aliphatic carbocycles. The Morgan fingerprint density at radius 3 is 2.50 bits per heavy atom. The van der Waals surface area contributed by atoms with Crippen LogP contribution in [0.25, 0.3) is 11.1 Å². The predicted molar refractivity (Wildman–Crippen MR) is 87.5 cm³/mol. The third-order valence-corrected chi connectivity index (χ3v) is 4.71. The minimum absolute atomic E-state index is 0.0480. The number of H-pyrrole nitrogens is 1. The van der Waals surface area contributed by atoms with E-state index in [0.717, 1.165) is 0 Å². The van der Waals surface area contributed by atoms with Crippen LogP contribution in [0.4, 0.5) is 5.69 Å². The molecule has 0 atom stereocenters. The van der Waals surface area contributed by atoms with Crippen molar-refractivity contribution in [3.05, 3.63) is 58.6 Å². The predicted octanol–water partition coefficient (Wildman–Crippen LogP) is 1.28. The van der Waals surface area contributed by atoms with Crippen molar-refractivity contribution < 1.29 is 17.6 Å². The van der Waals surface area contributed by atoms with E-state index in [0.29, 0.717) is 16.8 Å². The summed E-state index contributed by atoms with van der Waals surface area (Å²) in [6.45, 7) is 0. The maximum atomic E-state index is 12.4. The van der Waals surface area contributed by atoms with E-state index in [9.17, 15) is 18.0 Å². The Bertz CT molecular complexity index is 1060. The normalized spacial score (nSPS) is 11.4. The van der Waals surface area contributed by atoms with Crippen LogP contribution in [-0.2, 0) is 10.0 Å². The molecule has 0 fully saturated rings. The molecule has 0 saturated heterocycles. The number of amides is 1. The number of hydrogen-bond acceptors (Lipinski definition) is 5. The highest BCUT2D eigenvalue weighted by molar-refractivity contribution is 7.92. The minimum Gasteiger partial charge on any atom is -0.408 e. The number of anilines is 1. The Hall–Kier alpha value is -3.07. The third-order valence-electron chi connectivity index (χ3n) is 3.33. The van der Waals surface area contributed by atoms with Gasteiger partial charge in [0.2, 0.25) is 0 Å². The van der Waals surface area contributed by atoms with Crippen LogP contribution in [0.3, 0.4) is 0 Å². The molecule has 124 valence electrons. The van der Waals surface area contributed by atoms with Gasteiger partial charge in [0.1, 0.15) is 0 Å². The van der Waals surface area contributed by atoms with Gasteiger partial charge in [-0.2, -0.15) is 0 Å². The molecule has 3 N–H and O–H groups in total. The van der Waals surface area contributed by atoms with Gasteiger partial charge >= 0.3 is 5.76 Å². The van der Waals surface area contributed by atoms with Gasteiger partial charge < -0.3 is 9.73 Å². The number of nitrogens with one attached hydrogen (secondary N) is 3. The van der Waals surface area contributed by atoms with Gasteiger partial charge in [-0.25, -0.2) is 13.2 Å². The number of benzene rings is 2. The minimum atomic E-state index is -3.86. The Morgan fingerprint density at radius 2 is 1.83 bits per heavy atom. The lowest BCUT2D eigenvalue weighted by Crippen LogP contribution is -2.18. The van der Waals surface area contributed by atoms with E-state index in [-0.39, 0.29) is 16.4 Å². The zero-order chi connectivity index (χ0) is 17.3. The molecule has 0 radical (unpaired) electrons. The molecule has 3 rings (SSSR count). The molecule has 8 nitrogen and oxygen atoms in total. The highest BCUT2D eigenvalue weighted by Crippen LogP contribution is 2.20. The van der Waals surface area contributed by atoms with Crippen LogP contribution in [0.2, 0.25) is 0 Å². The summed E-state index contributed by atoms with van der Waals surface area (Å²) in [6.07, 6.45) is 0. The summed E-state index contributed by atoms with van der Waals surface area (Å²) in [7, 11) is -2.35. The fourth-order valence-electron chi connectivity index (χ4n) is 2.14. The lowest BCUT2D eigenvalue weighted by molar-refractivity contribution is 0.0963. The number of oxazole rings is 1. The fourth-order valence-corrected chi connectivity index (χ4v) is 3.21. The second-order valence-electron chi connectivity index (χ2n) is 4.93. The topological polar surface area (TPSA) is 121 Å². The average molecular weight is 347 g/mol. The monoisotopic (exact) mass is 347 g/mol. The van der Waals surface area contributed by atoms with Crippen molar-refractivity contribution in [2.45, 2.75) is 4.90 Å². The molecule has 9 heteroatoms. The number of aromatic amines is 1. The van der Waals surface area contributed by atoms with Crippen LogP contribution in [0.15, 0.2) is 56.6 Å². The number of rotatable bonds is 4. The zero-order valence-corrected chi connectivity index (χ0v) is 13.3. The molecular formula is C15H13N3O5S. The lowest BCUT2D eigenvalue weighted by Gasteiger charge is -2.08. The van der Waals surface area contributed by atoms with E-state index in [2.05, 4.69) is 15.0 Å². The quantitative estimate of drug-likeness (QED) is 0.656. The van der Waals surface area contributed by atoms with Crippen molar-refractivity contribution in [3.63, 3.8) is 0 Å². The Kier molecular flexibility index (Phi) is 3.86. The zero-order valence-electron chi connectivity index (χ0n) is 12.5. The SMILES string of the molecule is CNC(=O)c1ccc(NS(=O)(=O)c2ccc3[nH]c(=O)oc3c2)cc1. The third kappa shape index (κ3) is 3.01. The molecule has 0 spiro atoms.